The molecule has 84 valence electrons. The van der Waals surface area contributed by atoms with E-state index >= 15 is 0 Å². The van der Waals surface area contributed by atoms with Crippen LogP contribution in [0.25, 0.3) is 10.9 Å². The third-order valence-corrected chi connectivity index (χ3v) is 3.51. The van der Waals surface area contributed by atoms with E-state index in [2.05, 4.69) is 33.7 Å². The molecule has 0 radical (unpaired) electrons. The number of benzene rings is 1. The summed E-state index contributed by atoms with van der Waals surface area (Å²) in [6, 6.07) is 6.37. The quantitative estimate of drug-likeness (QED) is 0.825. The van der Waals surface area contributed by atoms with Crippen LogP contribution in [0.2, 0.25) is 0 Å². The maximum Gasteiger partial charge on any atom is 0.0670 e. The Kier molecular flexibility index (Phi) is 2.52. The van der Waals surface area contributed by atoms with Gasteiger partial charge >= 0.3 is 0 Å². The molecule has 1 aliphatic rings. The molecule has 1 aromatic carbocycles. The fourth-order valence-electron chi connectivity index (χ4n) is 2.52. The van der Waals surface area contributed by atoms with Crippen molar-refractivity contribution in [3.8, 4) is 0 Å². The molecule has 1 aliphatic carbocycles. The highest BCUT2D eigenvalue weighted by Gasteiger charge is 2.14. The van der Waals surface area contributed by atoms with Gasteiger partial charge in [-0.15, -0.1) is 0 Å². The summed E-state index contributed by atoms with van der Waals surface area (Å²) >= 11 is 0. The molecule has 3 nitrogen and oxygen atoms in total. The van der Waals surface area contributed by atoms with Gasteiger partial charge in [-0.2, -0.15) is 5.10 Å². The Bertz CT molecular complexity index is 469. The molecule has 1 fully saturated rings. The lowest BCUT2D eigenvalue weighted by Gasteiger charge is -2.11. The molecule has 1 saturated carbocycles. The van der Waals surface area contributed by atoms with Gasteiger partial charge < -0.3 is 5.32 Å². The average Bonchev–Trinajstić information content (AvgIpc) is 2.97. The van der Waals surface area contributed by atoms with Crippen molar-refractivity contribution in [2.75, 3.05) is 11.9 Å². The van der Waals surface area contributed by atoms with Gasteiger partial charge in [0.25, 0.3) is 0 Å². The van der Waals surface area contributed by atoms with Crippen LogP contribution in [0, 0.1) is 5.92 Å². The molecule has 0 unspecified atom stereocenters. The van der Waals surface area contributed by atoms with E-state index in [4.69, 9.17) is 0 Å². The van der Waals surface area contributed by atoms with Crippen LogP contribution in [0.1, 0.15) is 25.7 Å². The Morgan fingerprint density at radius 1 is 1.31 bits per heavy atom. The summed E-state index contributed by atoms with van der Waals surface area (Å²) in [7, 11) is 0. The molecule has 1 aromatic heterocycles. The third-order valence-electron chi connectivity index (χ3n) is 3.51. The number of H-pyrrole nitrogens is 1. The van der Waals surface area contributed by atoms with E-state index in [9.17, 15) is 0 Å². The van der Waals surface area contributed by atoms with Crippen molar-refractivity contribution in [2.24, 2.45) is 5.92 Å². The SMILES string of the molecule is c1cc2cn[nH]c2cc1NCC1CCCC1. The molecular weight excluding hydrogens is 198 g/mol. The molecule has 0 bridgehead atoms. The molecule has 0 spiro atoms. The highest BCUT2D eigenvalue weighted by molar-refractivity contribution is 5.81. The number of anilines is 1. The number of aromatic nitrogens is 2. The van der Waals surface area contributed by atoms with Gasteiger partial charge in [-0.25, -0.2) is 0 Å². The Balaban J connectivity index is 1.68. The van der Waals surface area contributed by atoms with Gasteiger partial charge in [0, 0.05) is 17.6 Å². The first-order valence-electron chi connectivity index (χ1n) is 6.09. The van der Waals surface area contributed by atoms with Crippen LogP contribution < -0.4 is 5.32 Å². The Morgan fingerprint density at radius 2 is 2.19 bits per heavy atom. The lowest BCUT2D eigenvalue weighted by atomic mass is 10.1. The summed E-state index contributed by atoms with van der Waals surface area (Å²) in [6.45, 7) is 1.11. The van der Waals surface area contributed by atoms with Gasteiger partial charge in [0.2, 0.25) is 0 Å². The number of hydrogen-bond donors (Lipinski definition) is 2. The second-order valence-corrected chi connectivity index (χ2v) is 4.70. The summed E-state index contributed by atoms with van der Waals surface area (Å²) in [5.74, 6) is 0.873. The topological polar surface area (TPSA) is 40.7 Å². The highest BCUT2D eigenvalue weighted by atomic mass is 15.1. The van der Waals surface area contributed by atoms with E-state index < -0.39 is 0 Å². The average molecular weight is 215 g/mol. The van der Waals surface area contributed by atoms with Gasteiger partial charge in [0.15, 0.2) is 0 Å². The largest absolute Gasteiger partial charge is 0.385 e. The van der Waals surface area contributed by atoms with Gasteiger partial charge in [0.1, 0.15) is 0 Å². The zero-order chi connectivity index (χ0) is 10.8. The smallest absolute Gasteiger partial charge is 0.0670 e. The zero-order valence-electron chi connectivity index (χ0n) is 9.37. The normalized spacial score (nSPS) is 17.0. The van der Waals surface area contributed by atoms with Crippen LogP contribution in [0.3, 0.4) is 0 Å². The lowest BCUT2D eigenvalue weighted by Crippen LogP contribution is -2.10. The van der Waals surface area contributed by atoms with Crippen LogP contribution in [0.5, 0.6) is 0 Å². The summed E-state index contributed by atoms with van der Waals surface area (Å²) in [5, 5.41) is 11.7. The van der Waals surface area contributed by atoms with Crippen molar-refractivity contribution < 1.29 is 0 Å². The summed E-state index contributed by atoms with van der Waals surface area (Å²) in [4.78, 5) is 0. The molecule has 2 aromatic rings. The molecule has 0 saturated heterocycles. The molecule has 3 heteroatoms. The molecule has 0 atom stereocenters. The third kappa shape index (κ3) is 1.90. The minimum atomic E-state index is 0.873. The maximum atomic E-state index is 4.03. The summed E-state index contributed by atoms with van der Waals surface area (Å²) in [6.07, 6.45) is 7.45. The Hall–Kier alpha value is -1.51. The van der Waals surface area contributed by atoms with Crippen molar-refractivity contribution in [3.05, 3.63) is 24.4 Å². The van der Waals surface area contributed by atoms with Crippen molar-refractivity contribution in [2.45, 2.75) is 25.7 Å². The molecular formula is C13H17N3. The fourth-order valence-corrected chi connectivity index (χ4v) is 2.52. The number of hydrogen-bond acceptors (Lipinski definition) is 2. The van der Waals surface area contributed by atoms with Gasteiger partial charge in [-0.1, -0.05) is 12.8 Å². The lowest BCUT2D eigenvalue weighted by molar-refractivity contribution is 0.580. The van der Waals surface area contributed by atoms with E-state index in [0.29, 0.717) is 0 Å². The van der Waals surface area contributed by atoms with Gasteiger partial charge in [0.05, 0.1) is 11.7 Å². The maximum absolute atomic E-state index is 4.03. The number of nitrogens with zero attached hydrogens (tertiary/aromatic N) is 1. The van der Waals surface area contributed by atoms with Crippen LogP contribution in [-0.2, 0) is 0 Å². The van der Waals surface area contributed by atoms with Crippen LogP contribution >= 0.6 is 0 Å². The van der Waals surface area contributed by atoms with Gasteiger partial charge in [-0.3, -0.25) is 5.10 Å². The van der Waals surface area contributed by atoms with Gasteiger partial charge in [-0.05, 0) is 37.0 Å². The van der Waals surface area contributed by atoms with Crippen LogP contribution in [0.15, 0.2) is 24.4 Å². The first kappa shape index (κ1) is 9.70. The van der Waals surface area contributed by atoms with Crippen LogP contribution in [-0.4, -0.2) is 16.7 Å². The standard InChI is InChI=1S/C13H17N3/c1-2-4-10(3-1)8-14-12-6-5-11-9-15-16-13(11)7-12/h5-7,9-10,14H,1-4,8H2,(H,15,16). The van der Waals surface area contributed by atoms with Crippen molar-refractivity contribution in [1.29, 1.82) is 0 Å². The monoisotopic (exact) mass is 215 g/mol. The van der Waals surface area contributed by atoms with E-state index in [1.54, 1.807) is 0 Å². The number of aromatic amines is 1. The Morgan fingerprint density at radius 3 is 3.06 bits per heavy atom. The molecule has 16 heavy (non-hydrogen) atoms. The minimum absolute atomic E-state index is 0.873. The fraction of sp³-hybridized carbons (Fsp3) is 0.462. The van der Waals surface area contributed by atoms with E-state index in [-0.39, 0.29) is 0 Å². The van der Waals surface area contributed by atoms with Crippen LogP contribution in [0.4, 0.5) is 5.69 Å². The predicted octanol–water partition coefficient (Wildman–Crippen LogP) is 3.17. The van der Waals surface area contributed by atoms with Crippen molar-refractivity contribution in [3.63, 3.8) is 0 Å². The van der Waals surface area contributed by atoms with E-state index in [0.717, 1.165) is 18.0 Å². The molecule has 2 N–H and O–H groups in total. The van der Waals surface area contributed by atoms with Crippen molar-refractivity contribution >= 4 is 16.6 Å². The highest BCUT2D eigenvalue weighted by Crippen LogP contribution is 2.25. The van der Waals surface area contributed by atoms with Crippen molar-refractivity contribution in [1.82, 2.24) is 10.2 Å². The number of fused-ring (bicyclic) bond motifs is 1. The zero-order valence-corrected chi connectivity index (χ0v) is 9.37. The van der Waals surface area contributed by atoms with E-state index in [1.807, 2.05) is 6.20 Å². The first-order valence-corrected chi connectivity index (χ1v) is 6.09. The summed E-state index contributed by atoms with van der Waals surface area (Å²) in [5.41, 5.74) is 2.31. The molecule has 0 aliphatic heterocycles. The van der Waals surface area contributed by atoms with E-state index in [1.165, 1.54) is 36.8 Å². The number of rotatable bonds is 3. The predicted molar refractivity (Wildman–Crippen MR) is 66.5 cm³/mol. The first-order chi connectivity index (χ1) is 7.92. The summed E-state index contributed by atoms with van der Waals surface area (Å²) < 4.78 is 0. The second-order valence-electron chi connectivity index (χ2n) is 4.70. The number of nitrogens with one attached hydrogen (secondary N) is 2. The second kappa shape index (κ2) is 4.16. The Labute approximate surface area is 95.2 Å². The molecule has 3 rings (SSSR count). The molecule has 1 heterocycles. The molecule has 0 amide bonds. The minimum Gasteiger partial charge on any atom is -0.385 e.